The third kappa shape index (κ3) is 3.69. The Balaban J connectivity index is 0.00000176. The van der Waals surface area contributed by atoms with E-state index in [0.29, 0.717) is 0 Å². The quantitative estimate of drug-likeness (QED) is 0.931. The van der Waals surface area contributed by atoms with Gasteiger partial charge in [0.25, 0.3) is 5.92 Å². The number of halogens is 4. The second kappa shape index (κ2) is 6.53. The minimum Gasteiger partial charge on any atom is -0.482 e. The lowest BCUT2D eigenvalue weighted by molar-refractivity contribution is 0.0200. The molecule has 0 saturated carbocycles. The molecule has 1 aromatic carbocycles. The molecule has 1 aliphatic rings. The number of nitrogens with one attached hydrogen (secondary N) is 1. The standard InChI is InChI=1S/C13H12F3N3O2.ClH/c14-8-3-1-2-4-10(8)20-6-11-18-12(21-19-11)9-5-13(15,16)7-17-9;/h1-4,9,17H,5-7H2;1H. The number of hydrogen-bond donors (Lipinski definition) is 1. The first-order valence-electron chi connectivity index (χ1n) is 6.34. The second-order valence-corrected chi connectivity index (χ2v) is 4.76. The maximum absolute atomic E-state index is 13.3. The van der Waals surface area contributed by atoms with E-state index in [1.807, 2.05) is 0 Å². The average molecular weight is 336 g/mol. The summed E-state index contributed by atoms with van der Waals surface area (Å²) in [5.41, 5.74) is 0. The lowest BCUT2D eigenvalue weighted by Gasteiger charge is -2.04. The first-order chi connectivity index (χ1) is 10.0. The maximum atomic E-state index is 13.3. The van der Waals surface area contributed by atoms with Crippen LogP contribution in [0.5, 0.6) is 5.75 Å². The highest BCUT2D eigenvalue weighted by atomic mass is 35.5. The second-order valence-electron chi connectivity index (χ2n) is 4.76. The van der Waals surface area contributed by atoms with Gasteiger partial charge in [0.15, 0.2) is 18.2 Å². The van der Waals surface area contributed by atoms with Crippen molar-refractivity contribution in [2.24, 2.45) is 0 Å². The molecule has 1 saturated heterocycles. The van der Waals surface area contributed by atoms with Crippen LogP contribution in [0.4, 0.5) is 13.2 Å². The van der Waals surface area contributed by atoms with Gasteiger partial charge in [0.2, 0.25) is 11.7 Å². The van der Waals surface area contributed by atoms with E-state index in [1.54, 1.807) is 12.1 Å². The number of ether oxygens (including phenoxy) is 1. The van der Waals surface area contributed by atoms with Crippen LogP contribution in [0.3, 0.4) is 0 Å². The van der Waals surface area contributed by atoms with Crippen LogP contribution in [-0.2, 0) is 6.61 Å². The molecule has 3 rings (SSSR count). The molecule has 22 heavy (non-hydrogen) atoms. The number of aromatic nitrogens is 2. The number of alkyl halides is 2. The van der Waals surface area contributed by atoms with Crippen LogP contribution in [0, 0.1) is 5.82 Å². The fourth-order valence-corrected chi connectivity index (χ4v) is 2.06. The molecule has 0 spiro atoms. The van der Waals surface area contributed by atoms with Gasteiger partial charge in [0, 0.05) is 6.42 Å². The van der Waals surface area contributed by atoms with Crippen LogP contribution >= 0.6 is 12.4 Å². The van der Waals surface area contributed by atoms with E-state index in [0.717, 1.165) is 0 Å². The summed E-state index contributed by atoms with van der Waals surface area (Å²) in [5.74, 6) is -2.96. The van der Waals surface area contributed by atoms with E-state index in [1.165, 1.54) is 12.1 Å². The van der Waals surface area contributed by atoms with Gasteiger partial charge in [-0.25, -0.2) is 13.2 Å². The van der Waals surface area contributed by atoms with Gasteiger partial charge >= 0.3 is 0 Å². The Hall–Kier alpha value is -1.80. The number of nitrogens with zero attached hydrogens (tertiary/aromatic N) is 2. The average Bonchev–Trinajstić information content (AvgIpc) is 3.04. The lowest BCUT2D eigenvalue weighted by atomic mass is 10.2. The predicted molar refractivity (Wildman–Crippen MR) is 72.6 cm³/mol. The summed E-state index contributed by atoms with van der Waals surface area (Å²) in [6, 6.07) is 5.23. The molecule has 2 heterocycles. The normalized spacial score (nSPS) is 19.7. The zero-order valence-electron chi connectivity index (χ0n) is 11.3. The summed E-state index contributed by atoms with van der Waals surface area (Å²) in [4.78, 5) is 3.98. The molecule has 0 aliphatic carbocycles. The molecule has 0 amide bonds. The molecular weight excluding hydrogens is 323 g/mol. The van der Waals surface area contributed by atoms with E-state index in [4.69, 9.17) is 9.26 Å². The van der Waals surface area contributed by atoms with Crippen LogP contribution in [0.15, 0.2) is 28.8 Å². The van der Waals surface area contributed by atoms with Crippen molar-refractivity contribution in [3.05, 3.63) is 41.8 Å². The third-order valence-electron chi connectivity index (χ3n) is 3.09. The van der Waals surface area contributed by atoms with Crippen LogP contribution in [0.25, 0.3) is 0 Å². The zero-order valence-corrected chi connectivity index (χ0v) is 12.1. The molecule has 1 atom stereocenters. The molecular formula is C13H13ClF3N3O2. The molecule has 0 bridgehead atoms. The minimum absolute atomic E-state index is 0. The zero-order chi connectivity index (χ0) is 14.9. The minimum atomic E-state index is -2.77. The molecule has 1 aliphatic heterocycles. The summed E-state index contributed by atoms with van der Waals surface area (Å²) in [5, 5.41) is 6.25. The van der Waals surface area contributed by atoms with Gasteiger partial charge in [-0.3, -0.25) is 5.32 Å². The number of para-hydroxylation sites is 1. The fourth-order valence-electron chi connectivity index (χ4n) is 2.06. The first kappa shape index (κ1) is 16.6. The SMILES string of the molecule is Cl.Fc1ccccc1OCc1noc(C2CC(F)(F)CN2)n1. The predicted octanol–water partition coefficient (Wildman–Crippen LogP) is 2.88. The van der Waals surface area contributed by atoms with E-state index in [9.17, 15) is 13.2 Å². The largest absolute Gasteiger partial charge is 0.482 e. The van der Waals surface area contributed by atoms with Crippen molar-refractivity contribution in [3.8, 4) is 5.75 Å². The van der Waals surface area contributed by atoms with Crippen molar-refractivity contribution in [1.82, 2.24) is 15.5 Å². The van der Waals surface area contributed by atoms with Gasteiger partial charge in [0.05, 0.1) is 12.6 Å². The van der Waals surface area contributed by atoms with Crippen LogP contribution in [-0.4, -0.2) is 22.6 Å². The topological polar surface area (TPSA) is 60.2 Å². The molecule has 120 valence electrons. The van der Waals surface area contributed by atoms with Gasteiger partial charge in [-0.05, 0) is 12.1 Å². The molecule has 1 N–H and O–H groups in total. The number of benzene rings is 1. The summed E-state index contributed by atoms with van der Waals surface area (Å²) in [6.45, 7) is -0.519. The maximum Gasteiger partial charge on any atom is 0.262 e. The highest BCUT2D eigenvalue weighted by Crippen LogP contribution is 2.33. The van der Waals surface area contributed by atoms with Crippen molar-refractivity contribution in [2.75, 3.05) is 6.54 Å². The lowest BCUT2D eigenvalue weighted by Crippen LogP contribution is -2.19. The highest BCUT2D eigenvalue weighted by molar-refractivity contribution is 5.85. The third-order valence-corrected chi connectivity index (χ3v) is 3.09. The van der Waals surface area contributed by atoms with Gasteiger partial charge in [-0.1, -0.05) is 17.3 Å². The molecule has 1 aromatic heterocycles. The monoisotopic (exact) mass is 335 g/mol. The molecule has 5 nitrogen and oxygen atoms in total. The van der Waals surface area contributed by atoms with E-state index < -0.39 is 24.3 Å². The smallest absolute Gasteiger partial charge is 0.262 e. The Morgan fingerprint density at radius 2 is 2.14 bits per heavy atom. The molecule has 1 unspecified atom stereocenters. The summed E-state index contributed by atoms with van der Waals surface area (Å²) in [7, 11) is 0. The Kier molecular flexibility index (Phi) is 4.92. The van der Waals surface area contributed by atoms with Crippen LogP contribution in [0.2, 0.25) is 0 Å². The number of rotatable bonds is 4. The van der Waals surface area contributed by atoms with Gasteiger partial charge in [-0.2, -0.15) is 4.98 Å². The Labute approximate surface area is 130 Å². The Bertz CT molecular complexity index is 638. The van der Waals surface area contributed by atoms with Crippen molar-refractivity contribution in [2.45, 2.75) is 25.0 Å². The van der Waals surface area contributed by atoms with Crippen molar-refractivity contribution in [1.29, 1.82) is 0 Å². The summed E-state index contributed by atoms with van der Waals surface area (Å²) >= 11 is 0. The van der Waals surface area contributed by atoms with Crippen LogP contribution < -0.4 is 10.1 Å². The molecule has 2 aromatic rings. The summed E-state index contributed by atoms with van der Waals surface area (Å²) in [6.07, 6.45) is -0.386. The fraction of sp³-hybridized carbons (Fsp3) is 0.385. The summed E-state index contributed by atoms with van der Waals surface area (Å²) < 4.78 is 49.7. The van der Waals surface area contributed by atoms with Gasteiger partial charge in [0.1, 0.15) is 0 Å². The van der Waals surface area contributed by atoms with Gasteiger partial charge in [-0.15, -0.1) is 12.4 Å². The molecule has 1 fully saturated rings. The Morgan fingerprint density at radius 3 is 2.82 bits per heavy atom. The molecule has 9 heteroatoms. The Morgan fingerprint density at radius 1 is 1.36 bits per heavy atom. The first-order valence-corrected chi connectivity index (χ1v) is 6.34. The molecule has 0 radical (unpaired) electrons. The van der Waals surface area contributed by atoms with E-state index in [-0.39, 0.29) is 42.9 Å². The van der Waals surface area contributed by atoms with Crippen LogP contribution in [0.1, 0.15) is 24.2 Å². The van der Waals surface area contributed by atoms with Crippen molar-refractivity contribution in [3.63, 3.8) is 0 Å². The van der Waals surface area contributed by atoms with E-state index in [2.05, 4.69) is 15.5 Å². The van der Waals surface area contributed by atoms with E-state index >= 15 is 0 Å². The van der Waals surface area contributed by atoms with Gasteiger partial charge < -0.3 is 9.26 Å². The number of hydrogen-bond acceptors (Lipinski definition) is 5. The van der Waals surface area contributed by atoms with Crippen molar-refractivity contribution >= 4 is 12.4 Å². The van der Waals surface area contributed by atoms with Crippen molar-refractivity contribution < 1.29 is 22.4 Å². The highest BCUT2D eigenvalue weighted by Gasteiger charge is 2.42.